The number of carbonyl (C=O) groups is 1. The molecule has 0 fully saturated rings. The quantitative estimate of drug-likeness (QED) is 0.698. The van der Waals surface area contributed by atoms with Crippen LogP contribution in [0.4, 0.5) is 0 Å². The highest BCUT2D eigenvalue weighted by Gasteiger charge is 2.18. The van der Waals surface area contributed by atoms with Crippen LogP contribution >= 0.6 is 11.3 Å². The molecule has 1 amide bonds. The molecule has 2 aromatic heterocycles. The standard InChI is InChI=1S/C17H17N3O3S/c1-3-23-19-17(21)15-11-14(16-5-4-10-24-16)18-20(15)12-6-8-13(22-2)9-7-12/h4-11H,3H2,1-2H3,(H,19,21). The summed E-state index contributed by atoms with van der Waals surface area (Å²) in [5, 5.41) is 6.55. The Hall–Kier alpha value is -2.64. The SMILES string of the molecule is CCONC(=O)c1cc(-c2cccs2)nn1-c1ccc(OC)cc1. The number of ether oxygens (including phenoxy) is 1. The molecule has 0 saturated heterocycles. The monoisotopic (exact) mass is 343 g/mol. The van der Waals surface area contributed by atoms with Crippen LogP contribution in [0.2, 0.25) is 0 Å². The van der Waals surface area contributed by atoms with Crippen LogP contribution in [-0.2, 0) is 4.84 Å². The Morgan fingerprint density at radius 1 is 1.29 bits per heavy atom. The van der Waals surface area contributed by atoms with Crippen molar-refractivity contribution in [3.05, 3.63) is 53.5 Å². The maximum atomic E-state index is 12.4. The van der Waals surface area contributed by atoms with Gasteiger partial charge in [-0.2, -0.15) is 5.10 Å². The van der Waals surface area contributed by atoms with Gasteiger partial charge in [-0.1, -0.05) is 6.07 Å². The summed E-state index contributed by atoms with van der Waals surface area (Å²) < 4.78 is 6.77. The maximum Gasteiger partial charge on any atom is 0.293 e. The highest BCUT2D eigenvalue weighted by atomic mass is 32.1. The number of amides is 1. The van der Waals surface area contributed by atoms with E-state index < -0.39 is 0 Å². The first-order valence-electron chi connectivity index (χ1n) is 7.43. The molecule has 0 saturated carbocycles. The van der Waals surface area contributed by atoms with E-state index in [9.17, 15) is 4.79 Å². The molecule has 0 unspecified atom stereocenters. The molecule has 0 bridgehead atoms. The second-order valence-corrected chi connectivity index (χ2v) is 5.81. The number of rotatable bonds is 6. The smallest absolute Gasteiger partial charge is 0.293 e. The van der Waals surface area contributed by atoms with Gasteiger partial charge in [0.1, 0.15) is 17.1 Å². The predicted molar refractivity (Wildman–Crippen MR) is 92.5 cm³/mol. The van der Waals surface area contributed by atoms with Crippen molar-refractivity contribution in [1.29, 1.82) is 0 Å². The van der Waals surface area contributed by atoms with E-state index in [-0.39, 0.29) is 5.91 Å². The van der Waals surface area contributed by atoms with Crippen LogP contribution < -0.4 is 10.2 Å². The summed E-state index contributed by atoms with van der Waals surface area (Å²) in [4.78, 5) is 18.4. The molecule has 24 heavy (non-hydrogen) atoms. The summed E-state index contributed by atoms with van der Waals surface area (Å²) in [5.74, 6) is 0.396. The Kier molecular flexibility index (Phi) is 4.93. The van der Waals surface area contributed by atoms with Crippen molar-refractivity contribution in [1.82, 2.24) is 15.3 Å². The van der Waals surface area contributed by atoms with E-state index in [1.54, 1.807) is 36.1 Å². The first kappa shape index (κ1) is 16.2. The van der Waals surface area contributed by atoms with Crippen molar-refractivity contribution in [3.63, 3.8) is 0 Å². The van der Waals surface area contributed by atoms with Crippen LogP contribution in [0, 0.1) is 0 Å². The average Bonchev–Trinajstić information content (AvgIpc) is 3.29. The second-order valence-electron chi connectivity index (χ2n) is 4.87. The maximum absolute atomic E-state index is 12.4. The summed E-state index contributed by atoms with van der Waals surface area (Å²) >= 11 is 1.57. The number of nitrogens with one attached hydrogen (secondary N) is 1. The number of nitrogens with zero attached hydrogens (tertiary/aromatic N) is 2. The summed E-state index contributed by atoms with van der Waals surface area (Å²) in [6.07, 6.45) is 0. The molecule has 0 aliphatic heterocycles. The zero-order valence-electron chi connectivity index (χ0n) is 13.4. The van der Waals surface area contributed by atoms with Gasteiger partial charge in [0.25, 0.3) is 5.91 Å². The molecule has 0 aliphatic rings. The topological polar surface area (TPSA) is 65.4 Å². The minimum absolute atomic E-state index is 0.344. The van der Waals surface area contributed by atoms with Gasteiger partial charge < -0.3 is 4.74 Å². The molecule has 2 heterocycles. The molecule has 0 spiro atoms. The van der Waals surface area contributed by atoms with E-state index in [2.05, 4.69) is 10.6 Å². The molecule has 3 aromatic rings. The van der Waals surface area contributed by atoms with Crippen LogP contribution in [-0.4, -0.2) is 29.4 Å². The number of hydrogen-bond acceptors (Lipinski definition) is 5. The molecule has 124 valence electrons. The molecular weight excluding hydrogens is 326 g/mol. The lowest BCUT2D eigenvalue weighted by atomic mass is 10.2. The molecule has 0 atom stereocenters. The van der Waals surface area contributed by atoms with Crippen molar-refractivity contribution in [3.8, 4) is 22.0 Å². The van der Waals surface area contributed by atoms with Crippen molar-refractivity contribution >= 4 is 17.2 Å². The number of carbonyl (C=O) groups excluding carboxylic acids is 1. The van der Waals surface area contributed by atoms with Gasteiger partial charge in [0.2, 0.25) is 0 Å². The zero-order chi connectivity index (χ0) is 16.9. The molecular formula is C17H17N3O3S. The van der Waals surface area contributed by atoms with Gasteiger partial charge in [0, 0.05) is 0 Å². The number of methoxy groups -OCH3 is 1. The molecule has 1 aromatic carbocycles. The van der Waals surface area contributed by atoms with Crippen molar-refractivity contribution in [2.24, 2.45) is 0 Å². The van der Waals surface area contributed by atoms with Gasteiger partial charge in [-0.05, 0) is 48.7 Å². The third-order valence-electron chi connectivity index (χ3n) is 3.34. The summed E-state index contributed by atoms with van der Waals surface area (Å²) in [5.41, 5.74) is 4.32. The minimum Gasteiger partial charge on any atom is -0.497 e. The predicted octanol–water partition coefficient (Wildman–Crippen LogP) is 3.29. The fourth-order valence-electron chi connectivity index (χ4n) is 2.20. The second kappa shape index (κ2) is 7.29. The van der Waals surface area contributed by atoms with E-state index in [1.165, 1.54) is 0 Å². The van der Waals surface area contributed by atoms with Crippen LogP contribution in [0.3, 0.4) is 0 Å². The van der Waals surface area contributed by atoms with Crippen molar-refractivity contribution in [2.75, 3.05) is 13.7 Å². The van der Waals surface area contributed by atoms with Gasteiger partial charge in [-0.15, -0.1) is 11.3 Å². The first-order chi connectivity index (χ1) is 11.7. The number of hydroxylamine groups is 1. The molecule has 3 rings (SSSR count). The number of aromatic nitrogens is 2. The zero-order valence-corrected chi connectivity index (χ0v) is 14.2. The Morgan fingerprint density at radius 2 is 2.08 bits per heavy atom. The summed E-state index contributed by atoms with van der Waals surface area (Å²) in [6.45, 7) is 2.19. The summed E-state index contributed by atoms with van der Waals surface area (Å²) in [6, 6.07) is 13.0. The lowest BCUT2D eigenvalue weighted by Gasteiger charge is -2.08. The largest absolute Gasteiger partial charge is 0.497 e. The van der Waals surface area contributed by atoms with Crippen LogP contribution in [0.5, 0.6) is 5.75 Å². The Balaban J connectivity index is 2.02. The number of hydrogen-bond donors (Lipinski definition) is 1. The van der Waals surface area contributed by atoms with E-state index in [0.29, 0.717) is 12.3 Å². The fourth-order valence-corrected chi connectivity index (χ4v) is 2.88. The molecule has 0 radical (unpaired) electrons. The highest BCUT2D eigenvalue weighted by Crippen LogP contribution is 2.26. The third-order valence-corrected chi connectivity index (χ3v) is 4.23. The average molecular weight is 343 g/mol. The van der Waals surface area contributed by atoms with Crippen LogP contribution in [0.15, 0.2) is 47.8 Å². The molecule has 6 nitrogen and oxygen atoms in total. The van der Waals surface area contributed by atoms with Gasteiger partial charge >= 0.3 is 0 Å². The van der Waals surface area contributed by atoms with E-state index in [0.717, 1.165) is 22.0 Å². The van der Waals surface area contributed by atoms with E-state index >= 15 is 0 Å². The lowest BCUT2D eigenvalue weighted by Crippen LogP contribution is -2.26. The normalized spacial score (nSPS) is 10.6. The van der Waals surface area contributed by atoms with E-state index in [4.69, 9.17) is 9.57 Å². The van der Waals surface area contributed by atoms with E-state index in [1.807, 2.05) is 41.8 Å². The summed E-state index contributed by atoms with van der Waals surface area (Å²) in [7, 11) is 1.61. The lowest BCUT2D eigenvalue weighted by molar-refractivity contribution is 0.0357. The first-order valence-corrected chi connectivity index (χ1v) is 8.31. The fraction of sp³-hybridized carbons (Fsp3) is 0.176. The Labute approximate surface area is 143 Å². The van der Waals surface area contributed by atoms with Gasteiger partial charge in [0.05, 0.1) is 24.3 Å². The number of benzene rings is 1. The minimum atomic E-state index is -0.344. The molecule has 0 aliphatic carbocycles. The molecule has 7 heteroatoms. The number of thiophene rings is 1. The van der Waals surface area contributed by atoms with Gasteiger partial charge in [0.15, 0.2) is 0 Å². The van der Waals surface area contributed by atoms with Crippen molar-refractivity contribution in [2.45, 2.75) is 6.92 Å². The Morgan fingerprint density at radius 3 is 2.71 bits per heavy atom. The molecule has 1 N–H and O–H groups in total. The van der Waals surface area contributed by atoms with Crippen LogP contribution in [0.25, 0.3) is 16.3 Å². The van der Waals surface area contributed by atoms with Gasteiger partial charge in [-0.25, -0.2) is 10.2 Å². The highest BCUT2D eigenvalue weighted by molar-refractivity contribution is 7.13. The Bertz CT molecular complexity index is 810. The van der Waals surface area contributed by atoms with Crippen molar-refractivity contribution < 1.29 is 14.4 Å². The van der Waals surface area contributed by atoms with Gasteiger partial charge in [-0.3, -0.25) is 9.63 Å². The van der Waals surface area contributed by atoms with Crippen LogP contribution in [0.1, 0.15) is 17.4 Å². The third kappa shape index (κ3) is 3.32.